The number of nitrogens with two attached hydrogens (primary N) is 1. The van der Waals surface area contributed by atoms with Crippen molar-refractivity contribution in [3.63, 3.8) is 0 Å². The maximum atomic E-state index is 12.1. The van der Waals surface area contributed by atoms with Crippen molar-refractivity contribution in [2.24, 2.45) is 0 Å². The maximum absolute atomic E-state index is 12.1. The zero-order valence-electron chi connectivity index (χ0n) is 17.9. The number of amides is 2. The number of likely N-dealkylation sites (tertiary alicyclic amines) is 1. The Morgan fingerprint density at radius 1 is 1.22 bits per heavy atom. The number of hydrogen-bond acceptors (Lipinski definition) is 9. The lowest BCUT2D eigenvalue weighted by atomic mass is 10.0. The summed E-state index contributed by atoms with van der Waals surface area (Å²) in [7, 11) is 1.83. The van der Waals surface area contributed by atoms with Crippen LogP contribution in [0.2, 0.25) is 0 Å². The van der Waals surface area contributed by atoms with Crippen LogP contribution in [0.5, 0.6) is 0 Å². The zero-order chi connectivity index (χ0) is 22.7. The van der Waals surface area contributed by atoms with Gasteiger partial charge in [0.2, 0.25) is 24.5 Å². The average Bonchev–Trinajstić information content (AvgIpc) is 3.26. The summed E-state index contributed by atoms with van der Waals surface area (Å²) in [4.78, 5) is 41.1. The number of rotatable bonds is 7. The third kappa shape index (κ3) is 4.09. The minimum atomic E-state index is -0.197. The van der Waals surface area contributed by atoms with Crippen molar-refractivity contribution in [3.05, 3.63) is 36.5 Å². The van der Waals surface area contributed by atoms with E-state index in [0.717, 1.165) is 36.9 Å². The summed E-state index contributed by atoms with van der Waals surface area (Å²) in [5.41, 5.74) is 8.34. The number of carbonyl (C=O) groups excluding carboxylic acids is 2. The first-order chi connectivity index (χ1) is 15.5. The van der Waals surface area contributed by atoms with Gasteiger partial charge in [-0.05, 0) is 37.1 Å². The molecule has 1 unspecified atom stereocenters. The highest BCUT2D eigenvalue weighted by atomic mass is 16.5. The molecule has 0 bridgehead atoms. The summed E-state index contributed by atoms with van der Waals surface area (Å²) in [5, 5.41) is 3.93. The quantitative estimate of drug-likeness (QED) is 0.550. The number of aryl methyl sites for hydroxylation is 1. The van der Waals surface area contributed by atoms with Gasteiger partial charge in [0.15, 0.2) is 11.6 Å². The zero-order valence-corrected chi connectivity index (χ0v) is 17.9. The lowest BCUT2D eigenvalue weighted by molar-refractivity contribution is -0.119. The van der Waals surface area contributed by atoms with Crippen LogP contribution < -0.4 is 15.5 Å². The number of hydrogen-bond donors (Lipinski definition) is 1. The number of aromatic nitrogens is 4. The molecule has 11 nitrogen and oxygen atoms in total. The molecule has 1 aromatic carbocycles. The molecule has 4 rings (SSSR count). The minimum absolute atomic E-state index is 0.197. The van der Waals surface area contributed by atoms with Crippen molar-refractivity contribution in [1.29, 1.82) is 0 Å². The Bertz CT molecular complexity index is 1100. The number of nitrogen functional groups attached to an aromatic ring is 1. The Labute approximate surface area is 184 Å². The molecule has 2 amide bonds. The number of carbonyl (C=O) groups is 2. The average molecular weight is 436 g/mol. The van der Waals surface area contributed by atoms with E-state index in [2.05, 4.69) is 20.1 Å². The van der Waals surface area contributed by atoms with Crippen molar-refractivity contribution in [2.45, 2.75) is 25.8 Å². The number of piperidine rings is 1. The van der Waals surface area contributed by atoms with E-state index in [4.69, 9.17) is 10.3 Å². The first-order valence-corrected chi connectivity index (χ1v) is 10.2. The third-order valence-corrected chi connectivity index (χ3v) is 5.54. The Morgan fingerprint density at radius 2 is 2.00 bits per heavy atom. The monoisotopic (exact) mass is 436 g/mol. The molecular weight excluding hydrogens is 412 g/mol. The van der Waals surface area contributed by atoms with Crippen LogP contribution >= 0.6 is 0 Å². The van der Waals surface area contributed by atoms with Gasteiger partial charge < -0.3 is 20.1 Å². The number of benzene rings is 1. The standard InChI is InChI=1S/C21H24N8O3/c1-14-25-20(26-32-14)15-5-7-16(8-6-15)27(2)18-19(22)23-11-24-21(18)29(13-31)17-4-3-9-28(10-17)12-30/h5-8,11-13,17H,3-4,9-10H2,1-2H3,(H2,22,23,24). The van der Waals surface area contributed by atoms with Gasteiger partial charge in [-0.15, -0.1) is 0 Å². The minimum Gasteiger partial charge on any atom is -0.382 e. The molecule has 166 valence electrons. The van der Waals surface area contributed by atoms with Gasteiger partial charge in [0.25, 0.3) is 0 Å². The third-order valence-electron chi connectivity index (χ3n) is 5.54. The van der Waals surface area contributed by atoms with Crippen LogP contribution in [0.3, 0.4) is 0 Å². The second kappa shape index (κ2) is 9.00. The van der Waals surface area contributed by atoms with Gasteiger partial charge in [-0.1, -0.05) is 5.16 Å². The molecule has 1 atom stereocenters. The second-order valence-electron chi connectivity index (χ2n) is 7.58. The first-order valence-electron chi connectivity index (χ1n) is 10.2. The first kappa shape index (κ1) is 21.2. The Hall–Kier alpha value is -4.02. The van der Waals surface area contributed by atoms with E-state index in [-0.39, 0.29) is 11.9 Å². The van der Waals surface area contributed by atoms with Crippen molar-refractivity contribution < 1.29 is 14.1 Å². The van der Waals surface area contributed by atoms with Gasteiger partial charge in [0, 0.05) is 38.3 Å². The Kier molecular flexibility index (Phi) is 5.97. The van der Waals surface area contributed by atoms with E-state index in [1.807, 2.05) is 36.2 Å². The van der Waals surface area contributed by atoms with Crippen LogP contribution in [0.4, 0.5) is 23.0 Å². The van der Waals surface area contributed by atoms with Crippen LogP contribution in [0.25, 0.3) is 11.4 Å². The van der Waals surface area contributed by atoms with Crippen molar-refractivity contribution in [1.82, 2.24) is 25.0 Å². The van der Waals surface area contributed by atoms with Crippen molar-refractivity contribution >= 4 is 35.8 Å². The molecule has 1 fully saturated rings. The van der Waals surface area contributed by atoms with E-state index >= 15 is 0 Å². The number of nitrogens with zero attached hydrogens (tertiary/aromatic N) is 7. The highest BCUT2D eigenvalue weighted by Crippen LogP contribution is 2.37. The predicted octanol–water partition coefficient (Wildman–Crippen LogP) is 1.77. The normalized spacial score (nSPS) is 15.9. The highest BCUT2D eigenvalue weighted by molar-refractivity contribution is 5.89. The lowest BCUT2D eigenvalue weighted by Gasteiger charge is -2.36. The molecule has 1 aliphatic rings. The summed E-state index contributed by atoms with van der Waals surface area (Å²) >= 11 is 0. The van der Waals surface area contributed by atoms with Gasteiger partial charge in [-0.2, -0.15) is 4.98 Å². The van der Waals surface area contributed by atoms with Gasteiger partial charge in [-0.3, -0.25) is 14.5 Å². The molecule has 32 heavy (non-hydrogen) atoms. The molecule has 3 aromatic rings. The Morgan fingerprint density at radius 3 is 2.66 bits per heavy atom. The molecule has 2 aromatic heterocycles. The molecule has 0 saturated carbocycles. The van der Waals surface area contributed by atoms with Crippen LogP contribution in [0, 0.1) is 6.92 Å². The second-order valence-corrected chi connectivity index (χ2v) is 7.58. The van der Waals surface area contributed by atoms with Gasteiger partial charge in [-0.25, -0.2) is 9.97 Å². The molecule has 3 heterocycles. The molecule has 1 saturated heterocycles. The fraction of sp³-hybridized carbons (Fsp3) is 0.333. The molecule has 0 radical (unpaired) electrons. The molecule has 2 N–H and O–H groups in total. The largest absolute Gasteiger partial charge is 0.382 e. The van der Waals surface area contributed by atoms with Crippen LogP contribution in [0.15, 0.2) is 35.1 Å². The molecular formula is C21H24N8O3. The van der Waals surface area contributed by atoms with Crippen LogP contribution in [-0.4, -0.2) is 64.0 Å². The Balaban J connectivity index is 1.66. The van der Waals surface area contributed by atoms with Crippen molar-refractivity contribution in [2.75, 3.05) is 35.7 Å². The SMILES string of the molecule is Cc1nc(-c2ccc(N(C)c3c(N)ncnc3N(C=O)C3CCCN(C=O)C3)cc2)no1. The summed E-state index contributed by atoms with van der Waals surface area (Å²) in [5.74, 6) is 1.63. The summed E-state index contributed by atoms with van der Waals surface area (Å²) in [6, 6.07) is 7.32. The molecule has 0 aliphatic carbocycles. The highest BCUT2D eigenvalue weighted by Gasteiger charge is 2.29. The van der Waals surface area contributed by atoms with E-state index < -0.39 is 0 Å². The van der Waals surface area contributed by atoms with E-state index in [0.29, 0.717) is 36.3 Å². The molecule has 11 heteroatoms. The summed E-state index contributed by atoms with van der Waals surface area (Å²) in [6.07, 6.45) is 4.44. The molecule has 0 spiro atoms. The van der Waals surface area contributed by atoms with E-state index in [1.165, 1.54) is 11.2 Å². The predicted molar refractivity (Wildman–Crippen MR) is 118 cm³/mol. The van der Waals surface area contributed by atoms with E-state index in [1.54, 1.807) is 11.8 Å². The fourth-order valence-corrected chi connectivity index (χ4v) is 3.89. The summed E-state index contributed by atoms with van der Waals surface area (Å²) in [6.45, 7) is 2.85. The maximum Gasteiger partial charge on any atom is 0.223 e. The lowest BCUT2D eigenvalue weighted by Crippen LogP contribution is -2.47. The van der Waals surface area contributed by atoms with Gasteiger partial charge in [0.1, 0.15) is 12.0 Å². The summed E-state index contributed by atoms with van der Waals surface area (Å²) < 4.78 is 5.04. The fourth-order valence-electron chi connectivity index (χ4n) is 3.89. The topological polar surface area (TPSA) is 135 Å². The van der Waals surface area contributed by atoms with Gasteiger partial charge in [0.05, 0.1) is 6.04 Å². The van der Waals surface area contributed by atoms with Crippen LogP contribution in [-0.2, 0) is 9.59 Å². The number of anilines is 4. The van der Waals surface area contributed by atoms with Gasteiger partial charge >= 0.3 is 0 Å². The van der Waals surface area contributed by atoms with Crippen molar-refractivity contribution in [3.8, 4) is 11.4 Å². The smallest absolute Gasteiger partial charge is 0.223 e. The molecule has 1 aliphatic heterocycles. The van der Waals surface area contributed by atoms with Crippen LogP contribution in [0.1, 0.15) is 18.7 Å². The van der Waals surface area contributed by atoms with E-state index in [9.17, 15) is 9.59 Å².